The number of halogens is 3. The minimum Gasteiger partial charge on any atom is -0.493 e. The van der Waals surface area contributed by atoms with Crippen molar-refractivity contribution < 1.29 is 13.9 Å². The molecule has 1 aromatic heterocycles. The van der Waals surface area contributed by atoms with Crippen LogP contribution in [-0.4, -0.2) is 17.1 Å². The Labute approximate surface area is 190 Å². The van der Waals surface area contributed by atoms with Crippen LogP contribution in [-0.2, 0) is 13.2 Å². The molecule has 160 valence electrons. The molecule has 0 saturated carbocycles. The van der Waals surface area contributed by atoms with Crippen LogP contribution in [0.2, 0.25) is 5.02 Å². The van der Waals surface area contributed by atoms with Crippen molar-refractivity contribution in [2.45, 2.75) is 13.2 Å². The van der Waals surface area contributed by atoms with E-state index in [4.69, 9.17) is 21.1 Å². The van der Waals surface area contributed by atoms with Gasteiger partial charge in [0, 0.05) is 27.8 Å². The molecular weight excluding hydrogens is 489 g/mol. The number of methoxy groups -OCH3 is 1. The molecule has 0 radical (unpaired) electrons. The van der Waals surface area contributed by atoms with Crippen LogP contribution in [0.3, 0.4) is 0 Å². The van der Waals surface area contributed by atoms with Gasteiger partial charge in [-0.1, -0.05) is 33.6 Å². The van der Waals surface area contributed by atoms with Crippen molar-refractivity contribution in [2.24, 2.45) is 0 Å². The van der Waals surface area contributed by atoms with Gasteiger partial charge >= 0.3 is 5.69 Å². The van der Waals surface area contributed by atoms with Gasteiger partial charge in [-0.2, -0.15) is 0 Å². The maximum atomic E-state index is 13.3. The molecule has 0 unspecified atom stereocenters. The normalized spacial score (nSPS) is 11.0. The van der Waals surface area contributed by atoms with Crippen LogP contribution < -0.4 is 20.5 Å². The average molecular weight is 507 g/mol. The lowest BCUT2D eigenvalue weighted by Gasteiger charge is -2.18. The van der Waals surface area contributed by atoms with Crippen LogP contribution in [0, 0.1) is 5.82 Å². The maximum Gasteiger partial charge on any atom is 0.323 e. The third-order valence-corrected chi connectivity index (χ3v) is 5.85. The quantitative estimate of drug-likeness (QED) is 0.304. The second-order valence-corrected chi connectivity index (χ2v) is 8.04. The average Bonchev–Trinajstić information content (AvgIpc) is 3.11. The number of hydrogen-bond donors (Lipinski definition) is 3. The number of hydrogen-bond acceptors (Lipinski definition) is 4. The Hall–Kier alpha value is -2.97. The van der Waals surface area contributed by atoms with E-state index in [2.05, 4.69) is 31.2 Å². The van der Waals surface area contributed by atoms with E-state index in [1.54, 1.807) is 19.2 Å². The van der Waals surface area contributed by atoms with Crippen molar-refractivity contribution in [1.82, 2.24) is 9.97 Å². The summed E-state index contributed by atoms with van der Waals surface area (Å²) in [6, 6.07) is 13.4. The molecule has 0 bridgehead atoms. The van der Waals surface area contributed by atoms with Gasteiger partial charge in [0.25, 0.3) is 0 Å². The van der Waals surface area contributed by atoms with E-state index in [1.807, 2.05) is 24.3 Å². The molecule has 9 heteroatoms. The number of benzene rings is 3. The van der Waals surface area contributed by atoms with E-state index >= 15 is 0 Å². The predicted molar refractivity (Wildman–Crippen MR) is 123 cm³/mol. The highest BCUT2D eigenvalue weighted by Gasteiger charge is 2.16. The number of aromatic amines is 2. The molecule has 0 saturated heterocycles. The number of aromatic nitrogens is 2. The van der Waals surface area contributed by atoms with Crippen molar-refractivity contribution in [3.8, 4) is 11.5 Å². The predicted octanol–water partition coefficient (Wildman–Crippen LogP) is 5.61. The number of rotatable bonds is 7. The summed E-state index contributed by atoms with van der Waals surface area (Å²) in [6.07, 6.45) is 0. The summed E-state index contributed by atoms with van der Waals surface area (Å²) in [5, 5.41) is 3.63. The fourth-order valence-corrected chi connectivity index (χ4v) is 3.86. The first-order chi connectivity index (χ1) is 14.9. The van der Waals surface area contributed by atoms with Crippen molar-refractivity contribution >= 4 is 44.3 Å². The van der Waals surface area contributed by atoms with Crippen molar-refractivity contribution in [1.29, 1.82) is 0 Å². The molecule has 0 spiro atoms. The van der Waals surface area contributed by atoms with E-state index in [0.717, 1.165) is 21.2 Å². The Balaban J connectivity index is 1.59. The Kier molecular flexibility index (Phi) is 6.20. The fraction of sp³-hybridized carbons (Fsp3) is 0.136. The summed E-state index contributed by atoms with van der Waals surface area (Å²) >= 11 is 9.70. The van der Waals surface area contributed by atoms with Crippen LogP contribution in [0.15, 0.2) is 57.8 Å². The third-order valence-electron chi connectivity index (χ3n) is 4.76. The molecule has 0 fully saturated rings. The second kappa shape index (κ2) is 9.03. The molecule has 31 heavy (non-hydrogen) atoms. The first-order valence-corrected chi connectivity index (χ1v) is 10.5. The minimum atomic E-state index is -0.403. The summed E-state index contributed by atoms with van der Waals surface area (Å²) in [5.41, 5.74) is 3.51. The van der Waals surface area contributed by atoms with Gasteiger partial charge in [0.1, 0.15) is 12.4 Å². The van der Waals surface area contributed by atoms with Gasteiger partial charge in [-0.3, -0.25) is 0 Å². The van der Waals surface area contributed by atoms with E-state index in [0.29, 0.717) is 34.1 Å². The van der Waals surface area contributed by atoms with Crippen LogP contribution in [0.4, 0.5) is 10.1 Å². The standard InChI is InChI=1S/C22H18BrClFN3O3/c1-30-20-7-5-16(23)15(21(20)31-11-12-2-3-13(25)8-17(12)24)10-26-14-4-6-18-19(9-14)28-22(29)27-18/h2-9,26H,10-11H2,1H3,(H2,27,28,29). The summed E-state index contributed by atoms with van der Waals surface area (Å²) in [7, 11) is 1.56. The summed E-state index contributed by atoms with van der Waals surface area (Å²) in [6.45, 7) is 0.569. The summed E-state index contributed by atoms with van der Waals surface area (Å²) in [5.74, 6) is 0.698. The molecule has 4 aromatic rings. The number of nitrogens with one attached hydrogen (secondary N) is 3. The van der Waals surface area contributed by atoms with Gasteiger partial charge in [-0.15, -0.1) is 0 Å². The number of anilines is 1. The summed E-state index contributed by atoms with van der Waals surface area (Å²) in [4.78, 5) is 16.9. The van der Waals surface area contributed by atoms with Crippen LogP contribution in [0.1, 0.15) is 11.1 Å². The van der Waals surface area contributed by atoms with Gasteiger partial charge in [0.15, 0.2) is 11.5 Å². The van der Waals surface area contributed by atoms with E-state index in [-0.39, 0.29) is 12.3 Å². The smallest absolute Gasteiger partial charge is 0.323 e. The van der Waals surface area contributed by atoms with Gasteiger partial charge < -0.3 is 24.8 Å². The monoisotopic (exact) mass is 505 g/mol. The van der Waals surface area contributed by atoms with Crippen LogP contribution >= 0.6 is 27.5 Å². The summed E-state index contributed by atoms with van der Waals surface area (Å²) < 4.78 is 25.7. The zero-order chi connectivity index (χ0) is 22.0. The molecule has 0 aliphatic heterocycles. The number of fused-ring (bicyclic) bond motifs is 1. The molecule has 4 rings (SSSR count). The molecular formula is C22H18BrClFN3O3. The van der Waals surface area contributed by atoms with Crippen molar-refractivity contribution in [3.63, 3.8) is 0 Å². The topological polar surface area (TPSA) is 79.1 Å². The van der Waals surface area contributed by atoms with Crippen LogP contribution in [0.25, 0.3) is 11.0 Å². The third kappa shape index (κ3) is 4.70. The SMILES string of the molecule is COc1ccc(Br)c(CNc2ccc3[nH]c(=O)[nH]c3c2)c1OCc1ccc(F)cc1Cl. The fourth-order valence-electron chi connectivity index (χ4n) is 3.19. The van der Waals surface area contributed by atoms with Crippen molar-refractivity contribution in [2.75, 3.05) is 12.4 Å². The second-order valence-electron chi connectivity index (χ2n) is 6.77. The van der Waals surface area contributed by atoms with Gasteiger partial charge in [0.2, 0.25) is 0 Å². The molecule has 0 atom stereocenters. The lowest BCUT2D eigenvalue weighted by atomic mass is 10.1. The zero-order valence-electron chi connectivity index (χ0n) is 16.4. The minimum absolute atomic E-state index is 0.148. The Bertz CT molecular complexity index is 1310. The van der Waals surface area contributed by atoms with Crippen LogP contribution in [0.5, 0.6) is 11.5 Å². The maximum absolute atomic E-state index is 13.3. The highest BCUT2D eigenvalue weighted by Crippen LogP contribution is 2.37. The number of ether oxygens (including phenoxy) is 2. The Morgan fingerprint density at radius 3 is 2.68 bits per heavy atom. The lowest BCUT2D eigenvalue weighted by molar-refractivity contribution is 0.281. The molecule has 3 N–H and O–H groups in total. The molecule has 3 aromatic carbocycles. The first-order valence-electron chi connectivity index (χ1n) is 9.32. The zero-order valence-corrected chi connectivity index (χ0v) is 18.7. The van der Waals surface area contributed by atoms with Gasteiger partial charge in [-0.05, 0) is 42.5 Å². The Morgan fingerprint density at radius 2 is 1.90 bits per heavy atom. The van der Waals surface area contributed by atoms with E-state index < -0.39 is 5.82 Å². The molecule has 0 aliphatic rings. The highest BCUT2D eigenvalue weighted by molar-refractivity contribution is 9.10. The van der Waals surface area contributed by atoms with Crippen molar-refractivity contribution in [3.05, 3.63) is 85.5 Å². The number of imidazole rings is 1. The van der Waals surface area contributed by atoms with Gasteiger partial charge in [0.05, 0.1) is 23.2 Å². The molecule has 1 heterocycles. The lowest BCUT2D eigenvalue weighted by Crippen LogP contribution is -2.06. The largest absolute Gasteiger partial charge is 0.493 e. The first kappa shape index (κ1) is 21.3. The Morgan fingerprint density at radius 1 is 1.10 bits per heavy atom. The highest BCUT2D eigenvalue weighted by atomic mass is 79.9. The molecule has 0 aliphatic carbocycles. The molecule has 6 nitrogen and oxygen atoms in total. The number of H-pyrrole nitrogens is 2. The van der Waals surface area contributed by atoms with E-state index in [1.165, 1.54) is 12.1 Å². The van der Waals surface area contributed by atoms with Gasteiger partial charge in [-0.25, -0.2) is 9.18 Å². The molecule has 0 amide bonds. The van der Waals surface area contributed by atoms with E-state index in [9.17, 15) is 9.18 Å².